The van der Waals surface area contributed by atoms with Crippen LogP contribution in [0.25, 0.3) is 10.8 Å². The van der Waals surface area contributed by atoms with E-state index in [9.17, 15) is 13.6 Å². The van der Waals surface area contributed by atoms with Crippen LogP contribution < -0.4 is 14.4 Å². The molecule has 2 aliphatic rings. The highest BCUT2D eigenvalue weighted by Crippen LogP contribution is 2.36. The van der Waals surface area contributed by atoms with Crippen LogP contribution in [0.5, 0.6) is 5.75 Å². The Bertz CT molecular complexity index is 1560. The van der Waals surface area contributed by atoms with Gasteiger partial charge in [-0.15, -0.1) is 0 Å². The minimum atomic E-state index is -2.62. The van der Waals surface area contributed by atoms with Crippen LogP contribution in [0, 0.1) is 0 Å². The van der Waals surface area contributed by atoms with E-state index in [1.807, 2.05) is 72.8 Å². The largest absolute Gasteiger partial charge is 0.755 e. The molecule has 7 nitrogen and oxygen atoms in total. The molecule has 1 fully saturated rings. The number of benzene rings is 4. The van der Waals surface area contributed by atoms with Crippen molar-refractivity contribution in [1.82, 2.24) is 10.2 Å². The summed E-state index contributed by atoms with van der Waals surface area (Å²) in [7, 11) is 0. The van der Waals surface area contributed by atoms with Crippen molar-refractivity contribution in [2.24, 2.45) is 0 Å². The highest BCUT2D eigenvalue weighted by molar-refractivity contribution is 7.80. The van der Waals surface area contributed by atoms with E-state index in [1.165, 1.54) is 29.1 Å². The van der Waals surface area contributed by atoms with Gasteiger partial charge in [-0.25, -0.2) is 0 Å². The molecular weight excluding hydrogens is 546 g/mol. The summed E-state index contributed by atoms with van der Waals surface area (Å²) in [6, 6.07) is 28.1. The molecule has 1 amide bonds. The molecular formula is C34H36N3O4S-. The molecule has 0 saturated carbocycles. The topological polar surface area (TPSA) is 84.9 Å². The standard InChI is InChI=1S/C34H37N3O4S/c38-34(35-31-17-20-41-33-16-13-25(21-30(31)33)24-36-18-7-2-8-19-36)23-32(27-10-3-1-4-11-27)37(42(39)40)29-15-14-26-9-5-6-12-28(26)22-29/h1,3-6,9-16,21-22,31-32H,2,7-8,17-20,23-24H2,(H,35,38)(H,39,40)/p-1. The van der Waals surface area contributed by atoms with E-state index in [2.05, 4.69) is 22.3 Å². The number of ether oxygens (including phenoxy) is 1. The van der Waals surface area contributed by atoms with Crippen LogP contribution >= 0.6 is 0 Å². The molecule has 3 atom stereocenters. The van der Waals surface area contributed by atoms with Crippen molar-refractivity contribution in [3.63, 3.8) is 0 Å². The van der Waals surface area contributed by atoms with Crippen LogP contribution in [0.15, 0.2) is 91.0 Å². The molecule has 0 aliphatic carbocycles. The molecule has 8 heteroatoms. The predicted octanol–water partition coefficient (Wildman–Crippen LogP) is 6.20. The quantitative estimate of drug-likeness (QED) is 0.238. The van der Waals surface area contributed by atoms with E-state index < -0.39 is 17.3 Å². The minimum Gasteiger partial charge on any atom is -0.755 e. The highest BCUT2D eigenvalue weighted by atomic mass is 32.2. The molecule has 218 valence electrons. The molecule has 6 rings (SSSR count). The van der Waals surface area contributed by atoms with Crippen LogP contribution in [0.3, 0.4) is 0 Å². The fourth-order valence-corrected chi connectivity index (χ4v) is 6.88. The summed E-state index contributed by atoms with van der Waals surface area (Å²) in [4.78, 5) is 16.2. The Labute approximate surface area is 249 Å². The molecule has 0 bridgehead atoms. The van der Waals surface area contributed by atoms with Gasteiger partial charge in [-0.1, -0.05) is 73.2 Å². The SMILES string of the molecule is O=C(CC(c1ccccc1)N(c1ccc2ccccc2c1)S(=O)[O-])NC1CCOc2ccc(CN3CCCCC3)cc21. The van der Waals surface area contributed by atoms with Gasteiger partial charge in [0.05, 0.1) is 25.1 Å². The van der Waals surface area contributed by atoms with Crippen molar-refractivity contribution in [3.8, 4) is 5.75 Å². The van der Waals surface area contributed by atoms with Crippen molar-refractivity contribution in [1.29, 1.82) is 0 Å². The van der Waals surface area contributed by atoms with Crippen molar-refractivity contribution < 1.29 is 18.3 Å². The Kier molecular flexibility index (Phi) is 8.84. The number of fused-ring (bicyclic) bond motifs is 2. The monoisotopic (exact) mass is 582 g/mol. The third kappa shape index (κ3) is 6.51. The molecule has 2 aliphatic heterocycles. The maximum Gasteiger partial charge on any atom is 0.222 e. The Hall–Kier alpha value is -3.72. The molecule has 0 spiro atoms. The van der Waals surface area contributed by atoms with Crippen molar-refractivity contribution in [2.45, 2.75) is 50.7 Å². The maximum absolute atomic E-state index is 13.7. The highest BCUT2D eigenvalue weighted by Gasteiger charge is 2.29. The molecule has 1 saturated heterocycles. The summed E-state index contributed by atoms with van der Waals surface area (Å²) >= 11 is -2.62. The van der Waals surface area contributed by atoms with E-state index in [0.717, 1.165) is 47.3 Å². The Morgan fingerprint density at radius 3 is 2.50 bits per heavy atom. The van der Waals surface area contributed by atoms with Gasteiger partial charge < -0.3 is 14.6 Å². The van der Waals surface area contributed by atoms with Crippen LogP contribution in [-0.2, 0) is 22.6 Å². The number of piperidine rings is 1. The summed E-state index contributed by atoms with van der Waals surface area (Å²) in [6.07, 6.45) is 4.40. The molecule has 1 N–H and O–H groups in total. The second kappa shape index (κ2) is 13.1. The fraction of sp³-hybridized carbons (Fsp3) is 0.324. The van der Waals surface area contributed by atoms with Crippen LogP contribution in [0.2, 0.25) is 0 Å². The van der Waals surface area contributed by atoms with E-state index in [1.54, 1.807) is 6.07 Å². The number of hydrogen-bond acceptors (Lipinski definition) is 5. The third-order valence-electron chi connectivity index (χ3n) is 8.30. The van der Waals surface area contributed by atoms with Crippen molar-refractivity contribution >= 4 is 33.6 Å². The smallest absolute Gasteiger partial charge is 0.222 e. The summed E-state index contributed by atoms with van der Waals surface area (Å²) in [5, 5.41) is 5.17. The van der Waals surface area contributed by atoms with Gasteiger partial charge in [0.15, 0.2) is 0 Å². The molecule has 0 aromatic heterocycles. The number of nitrogens with zero attached hydrogens (tertiary/aromatic N) is 2. The molecule has 42 heavy (non-hydrogen) atoms. The fourth-order valence-electron chi connectivity index (χ4n) is 6.19. The van der Waals surface area contributed by atoms with Gasteiger partial charge in [0.25, 0.3) is 0 Å². The first-order chi connectivity index (χ1) is 20.5. The summed E-state index contributed by atoms with van der Waals surface area (Å²) in [5.41, 5.74) is 3.47. The van der Waals surface area contributed by atoms with Gasteiger partial charge in [-0.05, 0) is 72.1 Å². The van der Waals surface area contributed by atoms with Gasteiger partial charge >= 0.3 is 0 Å². The lowest BCUT2D eigenvalue weighted by Crippen LogP contribution is -2.37. The van der Waals surface area contributed by atoms with Crippen LogP contribution in [-0.4, -0.2) is 39.3 Å². The van der Waals surface area contributed by atoms with Crippen LogP contribution in [0.1, 0.15) is 60.9 Å². The van der Waals surface area contributed by atoms with E-state index in [4.69, 9.17) is 4.74 Å². The number of anilines is 1. The number of rotatable bonds is 9. The van der Waals surface area contributed by atoms with E-state index >= 15 is 0 Å². The van der Waals surface area contributed by atoms with Gasteiger partial charge in [0, 0.05) is 35.5 Å². The van der Waals surface area contributed by atoms with Gasteiger partial charge in [-0.3, -0.25) is 18.2 Å². The molecule has 2 heterocycles. The Morgan fingerprint density at radius 1 is 0.952 bits per heavy atom. The second-order valence-electron chi connectivity index (χ2n) is 11.2. The van der Waals surface area contributed by atoms with Gasteiger partial charge in [0.2, 0.25) is 5.91 Å². The maximum atomic E-state index is 13.7. The lowest BCUT2D eigenvalue weighted by atomic mass is 9.96. The molecule has 0 radical (unpaired) electrons. The number of carbonyl (C=O) groups excluding carboxylic acids is 1. The van der Waals surface area contributed by atoms with Crippen molar-refractivity contribution in [3.05, 3.63) is 108 Å². The van der Waals surface area contributed by atoms with E-state index in [0.29, 0.717) is 18.7 Å². The summed E-state index contributed by atoms with van der Waals surface area (Å²) < 4.78 is 32.8. The zero-order chi connectivity index (χ0) is 28.9. The average Bonchev–Trinajstić information content (AvgIpc) is 3.02. The zero-order valence-electron chi connectivity index (χ0n) is 23.6. The zero-order valence-corrected chi connectivity index (χ0v) is 24.4. The van der Waals surface area contributed by atoms with Gasteiger partial charge in [-0.2, -0.15) is 0 Å². The lowest BCUT2D eigenvalue weighted by Gasteiger charge is -2.35. The summed E-state index contributed by atoms with van der Waals surface area (Å²) in [5.74, 6) is 0.589. The first kappa shape index (κ1) is 28.4. The number of nitrogens with one attached hydrogen (secondary N) is 1. The molecule has 4 aromatic carbocycles. The number of carbonyl (C=O) groups is 1. The normalized spacial score (nSPS) is 18.5. The molecule has 4 aromatic rings. The van der Waals surface area contributed by atoms with Gasteiger partial charge in [0.1, 0.15) is 5.75 Å². The second-order valence-corrected chi connectivity index (χ2v) is 12.0. The van der Waals surface area contributed by atoms with E-state index in [-0.39, 0.29) is 18.4 Å². The minimum absolute atomic E-state index is 0.0228. The van der Waals surface area contributed by atoms with Crippen LogP contribution in [0.4, 0.5) is 5.69 Å². The number of amides is 1. The van der Waals surface area contributed by atoms with Crippen molar-refractivity contribution in [2.75, 3.05) is 24.0 Å². The predicted molar refractivity (Wildman–Crippen MR) is 166 cm³/mol. The number of hydrogen-bond donors (Lipinski definition) is 1. The lowest BCUT2D eigenvalue weighted by molar-refractivity contribution is -0.122. The third-order valence-corrected chi connectivity index (χ3v) is 9.08. The summed E-state index contributed by atoms with van der Waals surface area (Å²) in [6.45, 7) is 3.63. The first-order valence-electron chi connectivity index (χ1n) is 14.7. The first-order valence-corrected chi connectivity index (χ1v) is 15.8. The Morgan fingerprint density at radius 2 is 1.71 bits per heavy atom. The Balaban J connectivity index is 1.25. The number of likely N-dealkylation sites (tertiary alicyclic amines) is 1. The molecule has 3 unspecified atom stereocenters. The average molecular weight is 583 g/mol.